The maximum atomic E-state index is 11.6. The summed E-state index contributed by atoms with van der Waals surface area (Å²) in [6, 6.07) is 0. The Morgan fingerprint density at radius 2 is 1.25 bits per heavy atom. The van der Waals surface area contributed by atoms with Gasteiger partial charge in [-0.3, -0.25) is 9.59 Å². The lowest BCUT2D eigenvalue weighted by atomic mass is 9.98. The Bertz CT molecular complexity index is 484. The highest BCUT2D eigenvalue weighted by Gasteiger charge is 2.21. The third-order valence-corrected chi connectivity index (χ3v) is 5.94. The van der Waals surface area contributed by atoms with E-state index in [0.29, 0.717) is 6.42 Å². The number of hydrogen-bond acceptors (Lipinski definition) is 3. The standard InChI is InChI=1S/C28H50O4/c1-3-5-6-7-8-9-10-11-12-13-14-15-16-17-18-19-20-21-22-23-26(28(30)31)25-27(29)32-24-4-2/h4,18-19,26H,2-3,5-17,20-25H2,1H3,(H,30,31)/b19-18+. The van der Waals surface area contributed by atoms with Crippen molar-refractivity contribution >= 4 is 11.9 Å². The molecule has 0 aliphatic carbocycles. The summed E-state index contributed by atoms with van der Waals surface area (Å²) in [6.07, 6.45) is 28.3. The van der Waals surface area contributed by atoms with Gasteiger partial charge in [0, 0.05) is 0 Å². The van der Waals surface area contributed by atoms with Gasteiger partial charge in [0.05, 0.1) is 12.3 Å². The maximum absolute atomic E-state index is 11.6. The van der Waals surface area contributed by atoms with Crippen molar-refractivity contribution < 1.29 is 19.4 Å². The van der Waals surface area contributed by atoms with Gasteiger partial charge in [0.25, 0.3) is 0 Å². The summed E-state index contributed by atoms with van der Waals surface area (Å²) < 4.78 is 4.88. The van der Waals surface area contributed by atoms with E-state index in [2.05, 4.69) is 25.7 Å². The van der Waals surface area contributed by atoms with Crippen LogP contribution in [-0.4, -0.2) is 23.7 Å². The summed E-state index contributed by atoms with van der Waals surface area (Å²) in [7, 11) is 0. The fourth-order valence-corrected chi connectivity index (χ4v) is 3.89. The van der Waals surface area contributed by atoms with Gasteiger partial charge in [0.15, 0.2) is 0 Å². The van der Waals surface area contributed by atoms with Crippen LogP contribution >= 0.6 is 0 Å². The second kappa shape index (κ2) is 24.1. The summed E-state index contributed by atoms with van der Waals surface area (Å²) in [5.41, 5.74) is 0. The lowest BCUT2D eigenvalue weighted by molar-refractivity contribution is -0.151. The first-order valence-electron chi connectivity index (χ1n) is 13.3. The maximum Gasteiger partial charge on any atom is 0.307 e. The Morgan fingerprint density at radius 3 is 1.72 bits per heavy atom. The first-order valence-corrected chi connectivity index (χ1v) is 13.3. The van der Waals surface area contributed by atoms with Gasteiger partial charge >= 0.3 is 11.9 Å². The topological polar surface area (TPSA) is 63.6 Å². The largest absolute Gasteiger partial charge is 0.481 e. The first kappa shape index (κ1) is 30.4. The van der Waals surface area contributed by atoms with Crippen LogP contribution in [0.4, 0.5) is 0 Å². The molecule has 0 aromatic rings. The summed E-state index contributed by atoms with van der Waals surface area (Å²) in [4.78, 5) is 22.9. The first-order chi connectivity index (χ1) is 15.6. The van der Waals surface area contributed by atoms with E-state index >= 15 is 0 Å². The molecule has 0 bridgehead atoms. The Morgan fingerprint density at radius 1 is 0.781 bits per heavy atom. The Kier molecular flexibility index (Phi) is 22.9. The lowest BCUT2D eigenvalue weighted by Crippen LogP contribution is -2.19. The molecule has 4 heteroatoms. The van der Waals surface area contributed by atoms with Gasteiger partial charge in [-0.05, 0) is 32.1 Å². The molecule has 0 fully saturated rings. The summed E-state index contributed by atoms with van der Waals surface area (Å²) >= 11 is 0. The third-order valence-electron chi connectivity index (χ3n) is 5.94. The average Bonchev–Trinajstić information content (AvgIpc) is 2.78. The number of carboxylic acid groups (broad SMARTS) is 1. The van der Waals surface area contributed by atoms with Crippen LogP contribution in [0.15, 0.2) is 24.8 Å². The number of aliphatic carboxylic acids is 1. The van der Waals surface area contributed by atoms with Gasteiger partial charge in [0.1, 0.15) is 6.61 Å². The van der Waals surface area contributed by atoms with Gasteiger partial charge in [-0.2, -0.15) is 0 Å². The highest BCUT2D eigenvalue weighted by Crippen LogP contribution is 2.16. The van der Waals surface area contributed by atoms with Crippen LogP contribution in [0, 0.1) is 5.92 Å². The van der Waals surface area contributed by atoms with E-state index in [1.807, 2.05) is 0 Å². The molecule has 1 atom stereocenters. The average molecular weight is 451 g/mol. The highest BCUT2D eigenvalue weighted by atomic mass is 16.5. The molecule has 0 rings (SSSR count). The predicted molar refractivity (Wildman–Crippen MR) is 135 cm³/mol. The van der Waals surface area contributed by atoms with Crippen molar-refractivity contribution in [1.29, 1.82) is 0 Å². The van der Waals surface area contributed by atoms with Gasteiger partial charge < -0.3 is 9.84 Å². The Hall–Kier alpha value is -1.58. The van der Waals surface area contributed by atoms with Crippen LogP contribution in [0.5, 0.6) is 0 Å². The Balaban J connectivity index is 3.46. The second-order valence-corrected chi connectivity index (χ2v) is 9.00. The number of esters is 1. The minimum atomic E-state index is -0.918. The fraction of sp³-hybridized carbons (Fsp3) is 0.786. The minimum Gasteiger partial charge on any atom is -0.481 e. The van der Waals surface area contributed by atoms with Gasteiger partial charge in [-0.25, -0.2) is 0 Å². The number of rotatable bonds is 24. The molecule has 1 unspecified atom stereocenters. The van der Waals surface area contributed by atoms with Crippen molar-refractivity contribution in [2.45, 2.75) is 129 Å². The molecule has 0 aliphatic rings. The zero-order valence-electron chi connectivity index (χ0n) is 20.8. The molecular weight excluding hydrogens is 400 g/mol. The number of ether oxygens (including phenoxy) is 1. The number of carboxylic acids is 1. The van der Waals surface area contributed by atoms with Crippen LogP contribution in [0.3, 0.4) is 0 Å². The molecule has 4 nitrogen and oxygen atoms in total. The molecule has 0 aromatic heterocycles. The van der Waals surface area contributed by atoms with Crippen molar-refractivity contribution in [1.82, 2.24) is 0 Å². The molecule has 32 heavy (non-hydrogen) atoms. The van der Waals surface area contributed by atoms with Crippen LogP contribution in [-0.2, 0) is 14.3 Å². The van der Waals surface area contributed by atoms with E-state index in [1.165, 1.54) is 89.5 Å². The zero-order valence-corrected chi connectivity index (χ0v) is 20.8. The molecule has 0 radical (unpaired) electrons. The third kappa shape index (κ3) is 21.6. The molecule has 0 amide bonds. The number of carbonyl (C=O) groups is 2. The molecule has 0 saturated heterocycles. The van der Waals surface area contributed by atoms with Gasteiger partial charge in [-0.15, -0.1) is 0 Å². The normalized spacial score (nSPS) is 12.2. The summed E-state index contributed by atoms with van der Waals surface area (Å²) in [5.74, 6) is -2.03. The van der Waals surface area contributed by atoms with Crippen LogP contribution in [0.2, 0.25) is 0 Å². The zero-order chi connectivity index (χ0) is 23.7. The number of allylic oxidation sites excluding steroid dienone is 2. The number of carbonyl (C=O) groups excluding carboxylic acids is 1. The quantitative estimate of drug-likeness (QED) is 0.0910. The smallest absolute Gasteiger partial charge is 0.307 e. The van der Waals surface area contributed by atoms with Crippen molar-refractivity contribution in [3.8, 4) is 0 Å². The molecule has 186 valence electrons. The molecule has 0 spiro atoms. The van der Waals surface area contributed by atoms with Crippen LogP contribution in [0.1, 0.15) is 129 Å². The van der Waals surface area contributed by atoms with E-state index in [-0.39, 0.29) is 13.0 Å². The Labute approximate surface area is 197 Å². The lowest BCUT2D eigenvalue weighted by Gasteiger charge is -2.11. The van der Waals surface area contributed by atoms with Crippen molar-refractivity contribution in [3.63, 3.8) is 0 Å². The van der Waals surface area contributed by atoms with E-state index in [0.717, 1.165) is 25.7 Å². The number of unbranched alkanes of at least 4 members (excludes halogenated alkanes) is 15. The van der Waals surface area contributed by atoms with E-state index in [9.17, 15) is 14.7 Å². The summed E-state index contributed by atoms with van der Waals surface area (Å²) in [6.45, 7) is 5.88. The van der Waals surface area contributed by atoms with Crippen molar-refractivity contribution in [3.05, 3.63) is 24.8 Å². The van der Waals surface area contributed by atoms with Crippen LogP contribution < -0.4 is 0 Å². The van der Waals surface area contributed by atoms with E-state index in [1.54, 1.807) is 0 Å². The molecule has 0 saturated carbocycles. The van der Waals surface area contributed by atoms with E-state index < -0.39 is 17.9 Å². The van der Waals surface area contributed by atoms with Crippen molar-refractivity contribution in [2.75, 3.05) is 6.61 Å². The molecule has 0 aromatic carbocycles. The SMILES string of the molecule is C=CCOC(=O)CC(CCCC/C=C/CCCCCCCCCCCCCCC)C(=O)O. The molecule has 1 N–H and O–H groups in total. The monoisotopic (exact) mass is 450 g/mol. The molecular formula is C28H50O4. The fourth-order valence-electron chi connectivity index (χ4n) is 3.89. The molecule has 0 aliphatic heterocycles. The van der Waals surface area contributed by atoms with Crippen LogP contribution in [0.25, 0.3) is 0 Å². The number of hydrogen-bond donors (Lipinski definition) is 1. The second-order valence-electron chi connectivity index (χ2n) is 9.00. The van der Waals surface area contributed by atoms with Crippen molar-refractivity contribution in [2.24, 2.45) is 5.92 Å². The predicted octanol–water partition coefficient (Wildman–Crippen LogP) is 8.40. The van der Waals surface area contributed by atoms with E-state index in [4.69, 9.17) is 4.74 Å². The highest BCUT2D eigenvalue weighted by molar-refractivity contribution is 5.78. The molecule has 0 heterocycles. The van der Waals surface area contributed by atoms with Gasteiger partial charge in [0.2, 0.25) is 0 Å². The van der Waals surface area contributed by atoms with Gasteiger partial charge in [-0.1, -0.05) is 115 Å². The minimum absolute atomic E-state index is 0.0575. The summed E-state index contributed by atoms with van der Waals surface area (Å²) in [5, 5.41) is 9.26.